The van der Waals surface area contributed by atoms with Gasteiger partial charge in [-0.15, -0.1) is 0 Å². The van der Waals surface area contributed by atoms with Gasteiger partial charge in [-0.25, -0.2) is 0 Å². The number of halogens is 1. The summed E-state index contributed by atoms with van der Waals surface area (Å²) in [6.45, 7) is 0.703. The highest BCUT2D eigenvalue weighted by atomic mass is 79.9. The molecular formula is C18H18BrNO3. The number of anilines is 1. The second-order valence-electron chi connectivity index (χ2n) is 5.36. The van der Waals surface area contributed by atoms with Crippen molar-refractivity contribution in [1.82, 2.24) is 0 Å². The van der Waals surface area contributed by atoms with E-state index in [1.807, 2.05) is 42.5 Å². The standard InChI is InChI=1S/C18H18BrNO3/c1-22-16-6-2-4-13-5-3-11-20(18(13)16)17(21)12-23-15-9-7-14(19)8-10-15/h2,4,6-10H,3,5,11-12H2,1H3. The van der Waals surface area contributed by atoms with Gasteiger partial charge in [0.2, 0.25) is 0 Å². The molecule has 0 saturated carbocycles. The number of hydrogen-bond acceptors (Lipinski definition) is 3. The Balaban J connectivity index is 1.75. The fraction of sp³-hybridized carbons (Fsp3) is 0.278. The Kier molecular flexibility index (Phi) is 4.86. The summed E-state index contributed by atoms with van der Waals surface area (Å²) in [7, 11) is 1.63. The Bertz CT molecular complexity index is 686. The molecule has 5 heteroatoms. The summed E-state index contributed by atoms with van der Waals surface area (Å²) in [6, 6.07) is 13.3. The summed E-state index contributed by atoms with van der Waals surface area (Å²) in [5.41, 5.74) is 2.03. The van der Waals surface area contributed by atoms with Crippen LogP contribution in [0.15, 0.2) is 46.9 Å². The molecule has 1 heterocycles. The van der Waals surface area contributed by atoms with Crippen molar-refractivity contribution >= 4 is 27.5 Å². The van der Waals surface area contributed by atoms with E-state index in [4.69, 9.17) is 9.47 Å². The first-order valence-electron chi connectivity index (χ1n) is 7.53. The number of fused-ring (bicyclic) bond motifs is 1. The van der Waals surface area contributed by atoms with Crippen molar-refractivity contribution in [1.29, 1.82) is 0 Å². The monoisotopic (exact) mass is 375 g/mol. The largest absolute Gasteiger partial charge is 0.495 e. The predicted octanol–water partition coefficient (Wildman–Crippen LogP) is 3.82. The van der Waals surface area contributed by atoms with Crippen LogP contribution in [0.1, 0.15) is 12.0 Å². The smallest absolute Gasteiger partial charge is 0.265 e. The summed E-state index contributed by atoms with van der Waals surface area (Å²) < 4.78 is 12.0. The highest BCUT2D eigenvalue weighted by Crippen LogP contribution is 2.36. The van der Waals surface area contributed by atoms with Crippen LogP contribution in [0.25, 0.3) is 0 Å². The Labute approximate surface area is 144 Å². The summed E-state index contributed by atoms with van der Waals surface area (Å²) in [6.07, 6.45) is 1.91. The maximum absolute atomic E-state index is 12.6. The van der Waals surface area contributed by atoms with E-state index >= 15 is 0 Å². The van der Waals surface area contributed by atoms with Gasteiger partial charge in [0.15, 0.2) is 6.61 Å². The van der Waals surface area contributed by atoms with E-state index in [1.165, 1.54) is 0 Å². The highest BCUT2D eigenvalue weighted by molar-refractivity contribution is 9.10. The predicted molar refractivity (Wildman–Crippen MR) is 93.3 cm³/mol. The molecular weight excluding hydrogens is 358 g/mol. The number of hydrogen-bond donors (Lipinski definition) is 0. The van der Waals surface area contributed by atoms with Crippen LogP contribution in [0.5, 0.6) is 11.5 Å². The number of amides is 1. The number of nitrogens with zero attached hydrogens (tertiary/aromatic N) is 1. The van der Waals surface area contributed by atoms with Gasteiger partial charge in [0.1, 0.15) is 11.5 Å². The minimum absolute atomic E-state index is 0.0130. The third kappa shape index (κ3) is 3.50. The lowest BCUT2D eigenvalue weighted by molar-refractivity contribution is -0.120. The van der Waals surface area contributed by atoms with Crippen molar-refractivity contribution in [2.24, 2.45) is 0 Å². The van der Waals surface area contributed by atoms with Gasteiger partial charge in [0.05, 0.1) is 12.8 Å². The zero-order valence-electron chi connectivity index (χ0n) is 12.9. The Morgan fingerprint density at radius 3 is 2.74 bits per heavy atom. The van der Waals surface area contributed by atoms with E-state index in [9.17, 15) is 4.79 Å². The van der Waals surface area contributed by atoms with Crippen molar-refractivity contribution in [3.05, 3.63) is 52.5 Å². The molecule has 4 nitrogen and oxygen atoms in total. The number of aryl methyl sites for hydroxylation is 1. The third-order valence-corrected chi connectivity index (χ3v) is 4.41. The van der Waals surface area contributed by atoms with Gasteiger partial charge in [0, 0.05) is 11.0 Å². The van der Waals surface area contributed by atoms with Gasteiger partial charge in [0.25, 0.3) is 5.91 Å². The van der Waals surface area contributed by atoms with E-state index in [0.29, 0.717) is 12.3 Å². The summed E-state index contributed by atoms with van der Waals surface area (Å²) >= 11 is 3.38. The molecule has 1 amide bonds. The van der Waals surface area contributed by atoms with Gasteiger partial charge in [-0.2, -0.15) is 0 Å². The first-order valence-corrected chi connectivity index (χ1v) is 8.33. The molecule has 0 bridgehead atoms. The van der Waals surface area contributed by atoms with Crippen LogP contribution in [0.3, 0.4) is 0 Å². The lowest BCUT2D eigenvalue weighted by Crippen LogP contribution is -2.38. The van der Waals surface area contributed by atoms with Crippen molar-refractivity contribution in [3.63, 3.8) is 0 Å². The second kappa shape index (κ2) is 7.04. The minimum Gasteiger partial charge on any atom is -0.495 e. The first-order chi connectivity index (χ1) is 11.2. The number of carbonyl (C=O) groups excluding carboxylic acids is 1. The quantitative estimate of drug-likeness (QED) is 0.815. The fourth-order valence-corrected chi connectivity index (χ4v) is 3.05. The highest BCUT2D eigenvalue weighted by Gasteiger charge is 2.26. The van der Waals surface area contributed by atoms with Crippen LogP contribution in [0, 0.1) is 0 Å². The van der Waals surface area contributed by atoms with Crippen LogP contribution in [0.2, 0.25) is 0 Å². The molecule has 0 aromatic heterocycles. The molecule has 0 radical (unpaired) electrons. The summed E-state index contributed by atoms with van der Waals surface area (Å²) in [5, 5.41) is 0. The number of benzene rings is 2. The van der Waals surface area contributed by atoms with Crippen LogP contribution in [-0.2, 0) is 11.2 Å². The molecule has 0 atom stereocenters. The first kappa shape index (κ1) is 15.9. The molecule has 0 N–H and O–H groups in total. The van der Waals surface area contributed by atoms with Crippen molar-refractivity contribution < 1.29 is 14.3 Å². The maximum Gasteiger partial charge on any atom is 0.265 e. The van der Waals surface area contributed by atoms with Crippen LogP contribution in [0.4, 0.5) is 5.69 Å². The Morgan fingerprint density at radius 2 is 2.00 bits per heavy atom. The van der Waals surface area contributed by atoms with Crippen molar-refractivity contribution in [3.8, 4) is 11.5 Å². The van der Waals surface area contributed by atoms with Crippen molar-refractivity contribution in [2.75, 3.05) is 25.2 Å². The fourth-order valence-electron chi connectivity index (χ4n) is 2.78. The van der Waals surface area contributed by atoms with Gasteiger partial charge in [-0.3, -0.25) is 4.79 Å². The summed E-state index contributed by atoms with van der Waals surface area (Å²) in [4.78, 5) is 14.4. The van der Waals surface area contributed by atoms with Crippen LogP contribution in [-0.4, -0.2) is 26.2 Å². The zero-order valence-corrected chi connectivity index (χ0v) is 14.5. The van der Waals surface area contributed by atoms with Crippen molar-refractivity contribution in [2.45, 2.75) is 12.8 Å². The van der Waals surface area contributed by atoms with Crippen LogP contribution < -0.4 is 14.4 Å². The van der Waals surface area contributed by atoms with E-state index in [-0.39, 0.29) is 12.5 Å². The number of ether oxygens (including phenoxy) is 2. The molecule has 0 spiro atoms. The third-order valence-electron chi connectivity index (χ3n) is 3.88. The number of rotatable bonds is 4. The molecule has 2 aromatic carbocycles. The normalized spacial score (nSPS) is 13.4. The number of para-hydroxylation sites is 1. The molecule has 0 unspecified atom stereocenters. The van der Waals surface area contributed by atoms with E-state index < -0.39 is 0 Å². The Morgan fingerprint density at radius 1 is 1.22 bits per heavy atom. The zero-order chi connectivity index (χ0) is 16.2. The van der Waals surface area contributed by atoms with Gasteiger partial charge >= 0.3 is 0 Å². The summed E-state index contributed by atoms with van der Waals surface area (Å²) in [5.74, 6) is 1.36. The molecule has 0 saturated heterocycles. The SMILES string of the molecule is COc1cccc2c1N(C(=O)COc1ccc(Br)cc1)CCC2. The molecule has 1 aliphatic rings. The maximum atomic E-state index is 12.6. The Hall–Kier alpha value is -2.01. The van der Waals surface area contributed by atoms with Crippen LogP contribution >= 0.6 is 15.9 Å². The average molecular weight is 376 g/mol. The van der Waals surface area contributed by atoms with E-state index in [0.717, 1.165) is 34.3 Å². The lowest BCUT2D eigenvalue weighted by Gasteiger charge is -2.30. The molecule has 3 rings (SSSR count). The minimum atomic E-state index is -0.0571. The molecule has 2 aromatic rings. The molecule has 120 valence electrons. The lowest BCUT2D eigenvalue weighted by atomic mass is 10.0. The van der Waals surface area contributed by atoms with Gasteiger partial charge in [-0.1, -0.05) is 28.1 Å². The topological polar surface area (TPSA) is 38.8 Å². The number of methoxy groups -OCH3 is 1. The van der Waals surface area contributed by atoms with Gasteiger partial charge < -0.3 is 14.4 Å². The van der Waals surface area contributed by atoms with E-state index in [1.54, 1.807) is 12.0 Å². The molecule has 1 aliphatic heterocycles. The molecule has 0 fully saturated rings. The molecule has 23 heavy (non-hydrogen) atoms. The van der Waals surface area contributed by atoms with Gasteiger partial charge in [-0.05, 0) is 48.7 Å². The van der Waals surface area contributed by atoms with E-state index in [2.05, 4.69) is 15.9 Å². The second-order valence-corrected chi connectivity index (χ2v) is 6.28. The molecule has 0 aliphatic carbocycles. The average Bonchev–Trinajstić information content (AvgIpc) is 2.60. The number of carbonyl (C=O) groups is 1.